The first kappa shape index (κ1) is 54.1. The number of hydrogen-bond donors (Lipinski definition) is 3. The molecule has 404 valence electrons. The molecule has 24 atom stereocenters. The third kappa shape index (κ3) is 9.53. The van der Waals surface area contributed by atoms with E-state index in [1.54, 1.807) is 34.3 Å². The fourth-order valence-corrected chi connectivity index (χ4v) is 15.1. The first-order valence-corrected chi connectivity index (χ1v) is 26.2. The van der Waals surface area contributed by atoms with E-state index in [1.807, 2.05) is 51.1 Å². The Hall–Kier alpha value is -2.66. The minimum Gasteiger partial charge on any atom is -0.458 e. The Labute approximate surface area is 423 Å². The van der Waals surface area contributed by atoms with Gasteiger partial charge in [0, 0.05) is 66.1 Å². The van der Waals surface area contributed by atoms with Crippen LogP contribution in [0.2, 0.25) is 0 Å². The van der Waals surface area contributed by atoms with E-state index in [4.69, 9.17) is 61.6 Å². The van der Waals surface area contributed by atoms with Crippen LogP contribution in [-0.2, 0) is 71.2 Å². The summed E-state index contributed by atoms with van der Waals surface area (Å²) in [5.41, 5.74) is -1.97. The Balaban J connectivity index is 0.877. The Bertz CT molecular complexity index is 2060. The highest BCUT2D eigenvalue weighted by Crippen LogP contribution is 2.73. The van der Waals surface area contributed by atoms with Crippen LogP contribution in [-0.4, -0.2) is 172 Å². The highest BCUT2D eigenvalue weighted by molar-refractivity contribution is 5.87. The molecule has 0 bridgehead atoms. The highest BCUT2D eigenvalue weighted by Gasteiger charge is 2.81. The molecule has 0 aromatic heterocycles. The number of rotatable bonds is 14. The average molecular weight is 1020 g/mol. The van der Waals surface area contributed by atoms with Crippen molar-refractivity contribution in [1.29, 1.82) is 0 Å². The van der Waals surface area contributed by atoms with Gasteiger partial charge in [-0.25, -0.2) is 4.79 Å². The van der Waals surface area contributed by atoms with Crippen LogP contribution < -0.4 is 0 Å². The molecule has 9 rings (SSSR count). The standard InChI is InChI=1S/C54H80O18/c1-28-43(57)48(62-9)44(58)50(67-28)72-46-30(3)66-41(26-37(46)61-8)71-45-29(2)65-40(25-36(45)60-7)69-34-20-22-51(5)33(24-34)17-18-35-42(51)47(68-31(4)55)49(70-39(56)19-16-32-14-12-11-13-15-32)53-27-64-52(6,63-10)38(53)21-23-54(35,53)59/h11-16,19,28-30,33-38,40-50,57-59H,17-18,20-27H2,1-10H3/b19-16+/t28-,29-,30-,33+,34+,35-,36+,37-,38?,40+,41+,42-,43-,44-,45-,46-,47+,48-,49-,50+,51+,52+,53?,54+/m1/s1. The molecular weight excluding hydrogens is 937 g/mol. The number of benzene rings is 1. The predicted octanol–water partition coefficient (Wildman–Crippen LogP) is 4.85. The fraction of sp³-hybridized carbons (Fsp3) is 0.815. The number of aliphatic hydroxyl groups excluding tert-OH is 2. The number of ether oxygens (including phenoxy) is 13. The molecule has 8 aliphatic rings. The zero-order valence-electron chi connectivity index (χ0n) is 43.6. The van der Waals surface area contributed by atoms with Crippen molar-refractivity contribution in [3.05, 3.63) is 42.0 Å². The van der Waals surface area contributed by atoms with Gasteiger partial charge in [-0.3, -0.25) is 4.79 Å². The maximum absolute atomic E-state index is 14.0. The zero-order chi connectivity index (χ0) is 51.5. The van der Waals surface area contributed by atoms with Crippen molar-refractivity contribution in [2.45, 2.75) is 209 Å². The Kier molecular flexibility index (Phi) is 16.1. The van der Waals surface area contributed by atoms with E-state index >= 15 is 0 Å². The van der Waals surface area contributed by atoms with Gasteiger partial charge in [-0.15, -0.1) is 0 Å². The number of carbonyl (C=O) groups is 2. The van der Waals surface area contributed by atoms with E-state index in [0.717, 1.165) is 24.8 Å². The van der Waals surface area contributed by atoms with Crippen LogP contribution in [0.5, 0.6) is 0 Å². The van der Waals surface area contributed by atoms with Gasteiger partial charge in [0.1, 0.15) is 36.6 Å². The summed E-state index contributed by atoms with van der Waals surface area (Å²) < 4.78 is 81.5. The molecule has 3 N–H and O–H groups in total. The van der Waals surface area contributed by atoms with Crippen molar-refractivity contribution < 1.29 is 86.5 Å². The second-order valence-corrected chi connectivity index (χ2v) is 22.3. The van der Waals surface area contributed by atoms with Crippen LogP contribution >= 0.6 is 0 Å². The van der Waals surface area contributed by atoms with Crippen LogP contribution in [0.4, 0.5) is 0 Å². The lowest BCUT2D eigenvalue weighted by Crippen LogP contribution is -2.74. The molecule has 72 heavy (non-hydrogen) atoms. The summed E-state index contributed by atoms with van der Waals surface area (Å²) in [7, 11) is 6.27. The third-order valence-corrected chi connectivity index (χ3v) is 18.8. The average Bonchev–Trinajstić information content (AvgIpc) is 3.85. The van der Waals surface area contributed by atoms with Gasteiger partial charge in [0.05, 0.1) is 54.2 Å². The van der Waals surface area contributed by atoms with Gasteiger partial charge in [0.2, 0.25) is 0 Å². The topological polar surface area (TPSA) is 215 Å². The molecule has 1 aromatic rings. The van der Waals surface area contributed by atoms with Gasteiger partial charge >= 0.3 is 11.9 Å². The molecule has 4 aliphatic heterocycles. The van der Waals surface area contributed by atoms with Gasteiger partial charge in [-0.1, -0.05) is 37.3 Å². The lowest BCUT2D eigenvalue weighted by atomic mass is 9.41. The highest BCUT2D eigenvalue weighted by atomic mass is 16.8. The van der Waals surface area contributed by atoms with Crippen molar-refractivity contribution in [2.24, 2.45) is 34.5 Å². The number of aliphatic hydroxyl groups is 3. The van der Waals surface area contributed by atoms with E-state index in [0.29, 0.717) is 38.5 Å². The van der Waals surface area contributed by atoms with Gasteiger partial charge in [0.15, 0.2) is 30.8 Å². The van der Waals surface area contributed by atoms with Gasteiger partial charge in [0.25, 0.3) is 0 Å². The maximum atomic E-state index is 14.0. The minimum atomic E-state index is -1.29. The van der Waals surface area contributed by atoms with Crippen LogP contribution in [0.1, 0.15) is 105 Å². The Morgan fingerprint density at radius 3 is 2.03 bits per heavy atom. The normalized spacial score (nSPS) is 49.1. The monoisotopic (exact) mass is 1020 g/mol. The number of fused-ring (bicyclic) bond motifs is 4. The lowest BCUT2D eigenvalue weighted by molar-refractivity contribution is -0.352. The SMILES string of the molecule is CO[C@H]1[C@@H](O)[C@H](O[C@@H]2[C@@H](C)O[C@@H](O[C@H]3[C@@H](OC)C[C@H](O[C@H]4CC[C@@]5(C)[C@@H](CC[C@@H]6[C@@H]5[C@H](OC(C)=O)[C@@H](OC(=O)/C=C/c5ccccc5)C57CO[C@](C)(OC)C5CC[C@]67O)C4)O[C@@H]3C)C[C@H]2OC)O[C@H](C)[C@H]1O. The first-order valence-electron chi connectivity index (χ1n) is 26.2. The summed E-state index contributed by atoms with van der Waals surface area (Å²) in [4.78, 5) is 27.3. The van der Waals surface area contributed by atoms with Crippen molar-refractivity contribution in [2.75, 3.05) is 35.0 Å². The summed E-state index contributed by atoms with van der Waals surface area (Å²) >= 11 is 0. The van der Waals surface area contributed by atoms with E-state index in [-0.39, 0.29) is 36.4 Å². The van der Waals surface area contributed by atoms with E-state index in [1.165, 1.54) is 20.1 Å². The molecule has 4 heterocycles. The number of esters is 2. The van der Waals surface area contributed by atoms with Crippen molar-refractivity contribution in [3.8, 4) is 0 Å². The smallest absolute Gasteiger partial charge is 0.331 e. The Morgan fingerprint density at radius 1 is 0.722 bits per heavy atom. The summed E-state index contributed by atoms with van der Waals surface area (Å²) in [6, 6.07) is 9.49. The van der Waals surface area contributed by atoms with Crippen LogP contribution in [0.25, 0.3) is 6.08 Å². The predicted molar refractivity (Wildman–Crippen MR) is 255 cm³/mol. The summed E-state index contributed by atoms with van der Waals surface area (Å²) in [6.07, 6.45) is -2.53. The molecule has 0 radical (unpaired) electrons. The minimum absolute atomic E-state index is 0.0877. The second-order valence-electron chi connectivity index (χ2n) is 22.3. The van der Waals surface area contributed by atoms with Crippen molar-refractivity contribution in [3.63, 3.8) is 0 Å². The second kappa shape index (κ2) is 21.4. The van der Waals surface area contributed by atoms with Gasteiger partial charge in [-0.05, 0) is 102 Å². The van der Waals surface area contributed by atoms with Crippen molar-refractivity contribution in [1.82, 2.24) is 0 Å². The van der Waals surface area contributed by atoms with Gasteiger partial charge in [-0.2, -0.15) is 0 Å². The molecule has 2 unspecified atom stereocenters. The molecule has 18 nitrogen and oxygen atoms in total. The summed E-state index contributed by atoms with van der Waals surface area (Å²) in [5, 5.41) is 34.9. The number of carbonyl (C=O) groups excluding carboxylic acids is 2. The molecule has 18 heteroatoms. The van der Waals surface area contributed by atoms with Crippen LogP contribution in [0, 0.1) is 34.5 Å². The van der Waals surface area contributed by atoms with E-state index < -0.39 is 126 Å². The van der Waals surface area contributed by atoms with Crippen LogP contribution in [0.15, 0.2) is 36.4 Å². The zero-order valence-corrected chi connectivity index (χ0v) is 43.6. The fourth-order valence-electron chi connectivity index (χ4n) is 15.1. The maximum Gasteiger partial charge on any atom is 0.331 e. The lowest BCUT2D eigenvalue weighted by Gasteiger charge is -2.66. The molecule has 8 fully saturated rings. The molecule has 1 aromatic carbocycles. The Morgan fingerprint density at radius 2 is 1.39 bits per heavy atom. The van der Waals surface area contributed by atoms with Crippen molar-refractivity contribution >= 4 is 18.0 Å². The number of hydrogen-bond acceptors (Lipinski definition) is 18. The molecular formula is C54H80O18. The quantitative estimate of drug-likeness (QED) is 0.129. The summed E-state index contributed by atoms with van der Waals surface area (Å²) in [6.45, 7) is 11.1. The first-order chi connectivity index (χ1) is 34.3. The van der Waals surface area contributed by atoms with E-state index in [2.05, 4.69) is 6.92 Å². The molecule has 1 spiro atoms. The largest absolute Gasteiger partial charge is 0.458 e. The van der Waals surface area contributed by atoms with Crippen LogP contribution in [0.3, 0.4) is 0 Å². The third-order valence-electron chi connectivity index (χ3n) is 18.8. The molecule has 4 saturated heterocycles. The molecule has 0 amide bonds. The number of methoxy groups -OCH3 is 4. The molecule has 4 saturated carbocycles. The van der Waals surface area contributed by atoms with Gasteiger partial charge < -0.3 is 76.9 Å². The van der Waals surface area contributed by atoms with E-state index in [9.17, 15) is 24.9 Å². The molecule has 4 aliphatic carbocycles. The summed E-state index contributed by atoms with van der Waals surface area (Å²) in [5.74, 6) is -2.90.